The molecule has 1 aliphatic heterocycles. The highest BCUT2D eigenvalue weighted by atomic mass is 28.4. The van der Waals surface area contributed by atoms with E-state index in [9.17, 15) is 118 Å². The standard InChI is InChI=1S/C63H99FN12O25Si/c1-62(2,3)102(64,63(4,5)6)39-14-12-38(13-15-39)54(89)70-44(34-67-48(79)20-18-45(60(99)100)76-32-30-74(36-52(85)86)28-26-73(35-51(83)84)27-29-75(31-33-76)37-53(87)88)55(90)69-41(57(93)94)10-7-8-24-65-46(77)21-22-47(78)66-25-9-11-40(56(91)92)68-49(80)19-16-42(58(95)96)71-61(101)72-43(59(97)98)17-23-50(81)82/h12-15,40-45H,7-11,16-37H2,1-6H3,(H,65,77)(H,66,78)(H,67,79)(H,68,80)(H,69,90)(H,70,89)(H,81,82)(H,83,84)(H,85,86)(H,87,88)(H,91,92)(H,93,94)(H,95,96)(H,97,98)(H,99,100)(H2,71,72,101)/t40-,41+,42-,43-,44-,45-/m0/s1. The Hall–Kier alpha value is -9.47. The first-order chi connectivity index (χ1) is 47.5. The highest BCUT2D eigenvalue weighted by Gasteiger charge is 2.56. The van der Waals surface area contributed by atoms with Crippen molar-refractivity contribution >= 4 is 109 Å². The number of hydrogen-bond donors (Lipinski definition) is 17. The van der Waals surface area contributed by atoms with Gasteiger partial charge in [0.1, 0.15) is 36.3 Å². The summed E-state index contributed by atoms with van der Waals surface area (Å²) in [5.41, 5.74) is -0.0342. The molecule has 6 atom stereocenters. The average molecular weight is 1470 g/mol. The summed E-state index contributed by atoms with van der Waals surface area (Å²) in [4.78, 5) is 204. The van der Waals surface area contributed by atoms with Crippen molar-refractivity contribution in [1.82, 2.24) is 62.1 Å². The first kappa shape index (κ1) is 88.6. The molecule has 0 aromatic heterocycles. The smallest absolute Gasteiger partial charge is 0.326 e. The molecular formula is C63H99FN12O25Si. The van der Waals surface area contributed by atoms with Crippen molar-refractivity contribution in [2.24, 2.45) is 0 Å². The van der Waals surface area contributed by atoms with Gasteiger partial charge in [-0.3, -0.25) is 72.3 Å². The van der Waals surface area contributed by atoms with E-state index in [1.165, 1.54) is 43.9 Å². The van der Waals surface area contributed by atoms with E-state index in [0.717, 1.165) is 0 Å². The topological polar surface area (TPSA) is 564 Å². The zero-order valence-electron chi connectivity index (χ0n) is 58.1. The molecule has 39 heteroatoms. The lowest BCUT2D eigenvalue weighted by Gasteiger charge is -2.44. The van der Waals surface area contributed by atoms with Crippen molar-refractivity contribution in [3.8, 4) is 0 Å². The number of unbranched alkanes of at least 4 members (excludes halogenated alkanes) is 1. The van der Waals surface area contributed by atoms with E-state index in [-0.39, 0.29) is 122 Å². The molecule has 0 aliphatic carbocycles. The molecule has 37 nitrogen and oxygen atoms in total. The number of urea groups is 1. The Morgan fingerprint density at radius 2 is 0.804 bits per heavy atom. The SMILES string of the molecule is CC(C)(C)[Si](F)(c1ccc(C(=O)N[C@@H](CNC(=O)CC[C@@H](C(=O)O)N2CCN(CC(=O)O)CCN(CC(=O)O)CCN(CC(=O)O)CC2)C(=O)N[C@H](CCCCNC(=O)CCC(=O)NCCC[C@H](NC(=O)CC[C@H](NC(=O)N[C@@H](CCC(=O)O)C(=O)O)C(=O)O)C(=O)O)C(=O)O)cc1)C(C)(C)C. The molecule has 102 heavy (non-hydrogen) atoms. The summed E-state index contributed by atoms with van der Waals surface area (Å²) >= 11 is 0. The van der Waals surface area contributed by atoms with E-state index in [0.29, 0.717) is 5.19 Å². The van der Waals surface area contributed by atoms with Gasteiger partial charge >= 0.3 is 59.8 Å². The Morgan fingerprint density at radius 3 is 1.23 bits per heavy atom. The molecule has 572 valence electrons. The fraction of sp³-hybridized carbons (Fsp3) is 0.651. The van der Waals surface area contributed by atoms with E-state index in [1.807, 2.05) is 10.6 Å². The lowest BCUT2D eigenvalue weighted by Crippen LogP contribution is -2.58. The van der Waals surface area contributed by atoms with Crippen LogP contribution in [0.3, 0.4) is 0 Å². The molecule has 1 aliphatic rings. The molecule has 0 radical (unpaired) electrons. The van der Waals surface area contributed by atoms with Gasteiger partial charge in [0.05, 0.1) is 19.6 Å². The van der Waals surface area contributed by atoms with Crippen molar-refractivity contribution in [3.05, 3.63) is 29.8 Å². The van der Waals surface area contributed by atoms with Gasteiger partial charge in [-0.25, -0.2) is 24.0 Å². The van der Waals surface area contributed by atoms with Gasteiger partial charge < -0.3 is 92.6 Å². The van der Waals surface area contributed by atoms with Crippen LogP contribution in [-0.2, 0) is 67.1 Å². The number of carboxylic acids is 9. The Balaban J connectivity index is 2.13. The third-order valence-electron chi connectivity index (χ3n) is 16.6. The van der Waals surface area contributed by atoms with Crippen molar-refractivity contribution < 1.29 is 127 Å². The quantitative estimate of drug-likeness (QED) is 0.0197. The largest absolute Gasteiger partial charge is 0.481 e. The molecule has 0 spiro atoms. The Labute approximate surface area is 588 Å². The number of rotatable bonds is 43. The molecule has 0 bridgehead atoms. The molecule has 2 rings (SSSR count). The lowest BCUT2D eigenvalue weighted by molar-refractivity contribution is -0.145. The number of carbonyl (C=O) groups excluding carboxylic acids is 7. The Morgan fingerprint density at radius 1 is 0.412 bits per heavy atom. The summed E-state index contributed by atoms with van der Waals surface area (Å²) in [6, 6.07) is -5.23. The van der Waals surface area contributed by atoms with Crippen LogP contribution in [0.25, 0.3) is 0 Å². The van der Waals surface area contributed by atoms with Crippen molar-refractivity contribution in [2.45, 2.75) is 171 Å². The number of nitrogens with zero attached hydrogens (tertiary/aromatic N) is 4. The van der Waals surface area contributed by atoms with Crippen molar-refractivity contribution in [2.75, 3.05) is 91.6 Å². The molecule has 8 amide bonds. The van der Waals surface area contributed by atoms with Crippen molar-refractivity contribution in [3.63, 3.8) is 0 Å². The van der Waals surface area contributed by atoms with Crippen LogP contribution in [0, 0.1) is 0 Å². The number of halogens is 1. The molecule has 17 N–H and O–H groups in total. The maximum Gasteiger partial charge on any atom is 0.326 e. The predicted molar refractivity (Wildman–Crippen MR) is 359 cm³/mol. The van der Waals surface area contributed by atoms with Crippen LogP contribution < -0.4 is 47.7 Å². The summed E-state index contributed by atoms with van der Waals surface area (Å²) in [7, 11) is -3.81. The van der Waals surface area contributed by atoms with Crippen LogP contribution in [0.4, 0.5) is 8.90 Å². The normalized spacial score (nSPS) is 15.6. The van der Waals surface area contributed by atoms with Gasteiger partial charge in [0.15, 0.2) is 0 Å². The number of carboxylic acid groups (broad SMARTS) is 9. The fourth-order valence-corrected chi connectivity index (χ4v) is 16.0. The maximum atomic E-state index is 17.2. The molecule has 1 aromatic carbocycles. The minimum absolute atomic E-state index is 0.000572. The Bertz CT molecular complexity index is 3050. The second-order valence-corrected chi connectivity index (χ2v) is 31.5. The fourth-order valence-electron chi connectivity index (χ4n) is 11.3. The van der Waals surface area contributed by atoms with E-state index < -0.39 is 208 Å². The molecule has 0 unspecified atom stereocenters. The van der Waals surface area contributed by atoms with Crippen LogP contribution in [0.5, 0.6) is 0 Å². The van der Waals surface area contributed by atoms with Gasteiger partial charge in [-0.15, -0.1) is 0 Å². The first-order valence-corrected chi connectivity index (χ1v) is 34.9. The summed E-state index contributed by atoms with van der Waals surface area (Å²) in [6.45, 7) is 8.55. The first-order valence-electron chi connectivity index (χ1n) is 33.0. The van der Waals surface area contributed by atoms with E-state index in [2.05, 4.69) is 31.9 Å². The number of amides is 8. The molecule has 1 fully saturated rings. The second-order valence-electron chi connectivity index (χ2n) is 26.6. The van der Waals surface area contributed by atoms with Crippen LogP contribution >= 0.6 is 0 Å². The van der Waals surface area contributed by atoms with Crippen LogP contribution in [0.2, 0.25) is 10.1 Å². The predicted octanol–water partition coefficient (Wildman–Crippen LogP) is -1.72. The van der Waals surface area contributed by atoms with Crippen LogP contribution in [0.15, 0.2) is 24.3 Å². The number of aliphatic carboxylic acids is 9. The molecule has 1 saturated heterocycles. The van der Waals surface area contributed by atoms with Gasteiger partial charge in [-0.05, 0) is 78.8 Å². The lowest BCUT2D eigenvalue weighted by atomic mass is 10.1. The third kappa shape index (κ3) is 32.9. The van der Waals surface area contributed by atoms with E-state index in [1.54, 1.807) is 41.5 Å². The zero-order valence-corrected chi connectivity index (χ0v) is 59.1. The van der Waals surface area contributed by atoms with Crippen LogP contribution in [0.1, 0.15) is 135 Å². The van der Waals surface area contributed by atoms with Crippen molar-refractivity contribution in [1.29, 1.82) is 0 Å². The minimum atomic E-state index is -3.81. The number of carbonyl (C=O) groups is 16. The second kappa shape index (κ2) is 43.4. The molecule has 1 aromatic rings. The maximum absolute atomic E-state index is 17.2. The highest BCUT2D eigenvalue weighted by molar-refractivity contribution is 6.90. The molecule has 0 saturated carbocycles. The molecular weight excluding hydrogens is 1370 g/mol. The van der Waals surface area contributed by atoms with E-state index >= 15 is 4.11 Å². The monoisotopic (exact) mass is 1470 g/mol. The van der Waals surface area contributed by atoms with Crippen LogP contribution in [-0.4, -0.2) is 297 Å². The summed E-state index contributed by atoms with van der Waals surface area (Å²) in [5, 5.41) is 104. The minimum Gasteiger partial charge on any atom is -0.481 e. The average Bonchev–Trinajstić information content (AvgIpc) is 0.748. The summed E-state index contributed by atoms with van der Waals surface area (Å²) in [6.07, 6.45) is -4.07. The molecule has 1 heterocycles. The summed E-state index contributed by atoms with van der Waals surface area (Å²) < 4.78 is 17.2. The number of benzene rings is 1. The number of hydrogen-bond acceptors (Lipinski definition) is 20. The van der Waals surface area contributed by atoms with Gasteiger partial charge in [0, 0.05) is 110 Å². The Kier molecular flexibility index (Phi) is 37.7. The van der Waals surface area contributed by atoms with E-state index in [4.69, 9.17) is 5.11 Å². The third-order valence-corrected chi connectivity index (χ3v) is 21.9. The number of nitrogens with one attached hydrogen (secondary N) is 8. The van der Waals surface area contributed by atoms with Gasteiger partial charge in [-0.2, -0.15) is 0 Å². The van der Waals surface area contributed by atoms with Gasteiger partial charge in [0.25, 0.3) is 14.3 Å². The van der Waals surface area contributed by atoms with Gasteiger partial charge in [-0.1, -0.05) is 53.7 Å². The highest BCUT2D eigenvalue weighted by Crippen LogP contribution is 2.51. The van der Waals surface area contributed by atoms with Gasteiger partial charge in [0.2, 0.25) is 29.5 Å². The zero-order chi connectivity index (χ0) is 77.2. The summed E-state index contributed by atoms with van der Waals surface area (Å²) in [5.74, 6) is -17.4.